The van der Waals surface area contributed by atoms with Crippen molar-refractivity contribution >= 4 is 64.9 Å². The molecule has 0 saturated carbocycles. The molecule has 19 heavy (non-hydrogen) atoms. The second-order valence-electron chi connectivity index (χ2n) is 3.94. The maximum absolute atomic E-state index is 12.2. The van der Waals surface area contributed by atoms with E-state index in [1.165, 1.54) is 15.9 Å². The number of thiophene rings is 1. The Labute approximate surface area is 139 Å². The van der Waals surface area contributed by atoms with E-state index in [-0.39, 0.29) is 17.9 Å². The first-order valence-corrected chi connectivity index (χ1v) is 8.42. The number of Topliss-reactive ketones (excluding diaryl/α,β-unsaturated/α-hetero) is 1. The van der Waals surface area contributed by atoms with Crippen molar-refractivity contribution in [1.82, 2.24) is 4.57 Å². The number of aryl methyl sites for hydroxylation is 1. The molecule has 2 rings (SSSR count). The summed E-state index contributed by atoms with van der Waals surface area (Å²) in [5.41, 5.74) is 1.04. The second-order valence-corrected chi connectivity index (χ2v) is 8.60. The molecule has 0 fully saturated rings. The molecule has 0 spiro atoms. The van der Waals surface area contributed by atoms with E-state index in [1.807, 2.05) is 0 Å². The fourth-order valence-corrected chi connectivity index (χ4v) is 5.07. The molecule has 2 aromatic rings. The molecule has 2 aromatic heterocycles. The third kappa shape index (κ3) is 3.45. The molecule has 0 saturated heterocycles. The van der Waals surface area contributed by atoms with Crippen LogP contribution in [-0.2, 0) is 6.54 Å². The predicted molar refractivity (Wildman–Crippen MR) is 87.2 cm³/mol. The molecular weight excluding hydrogens is 462 g/mol. The van der Waals surface area contributed by atoms with Crippen molar-refractivity contribution in [3.8, 4) is 0 Å². The Morgan fingerprint density at radius 1 is 1.32 bits per heavy atom. The smallest absolute Gasteiger partial charge is 0.253 e. The molecular formula is C12H8Br3NO2S. The summed E-state index contributed by atoms with van der Waals surface area (Å²) in [7, 11) is 0. The number of nitrogens with zero attached hydrogens (tertiary/aromatic N) is 1. The van der Waals surface area contributed by atoms with Crippen LogP contribution < -0.4 is 5.56 Å². The number of rotatable bonds is 3. The molecule has 3 nitrogen and oxygen atoms in total. The Hall–Kier alpha value is -0.240. The Morgan fingerprint density at radius 2 is 2.00 bits per heavy atom. The van der Waals surface area contributed by atoms with Crippen molar-refractivity contribution in [1.29, 1.82) is 0 Å². The van der Waals surface area contributed by atoms with Crippen LogP contribution in [0.25, 0.3) is 0 Å². The zero-order chi connectivity index (χ0) is 14.2. The highest BCUT2D eigenvalue weighted by Gasteiger charge is 2.15. The number of carbonyl (C=O) groups excluding carboxylic acids is 1. The number of aromatic nitrogens is 1. The standard InChI is InChI=1S/C12H8Br3NO2S/c1-6-2-7(13)4-16(12(6)18)5-9(17)8-3-10(14)19-11(8)15/h2-4H,5H2,1H3. The predicted octanol–water partition coefficient (Wildman–Crippen LogP) is 4.39. The van der Waals surface area contributed by atoms with E-state index < -0.39 is 0 Å². The van der Waals surface area contributed by atoms with Gasteiger partial charge in [-0.3, -0.25) is 9.59 Å². The van der Waals surface area contributed by atoms with Crippen LogP contribution in [0.5, 0.6) is 0 Å². The van der Waals surface area contributed by atoms with Crippen LogP contribution in [-0.4, -0.2) is 10.4 Å². The Morgan fingerprint density at radius 3 is 2.58 bits per heavy atom. The number of carbonyl (C=O) groups is 1. The van der Waals surface area contributed by atoms with Crippen molar-refractivity contribution in [3.63, 3.8) is 0 Å². The van der Waals surface area contributed by atoms with Gasteiger partial charge in [-0.25, -0.2) is 0 Å². The summed E-state index contributed by atoms with van der Waals surface area (Å²) >= 11 is 11.4. The van der Waals surface area contributed by atoms with Gasteiger partial charge in [0.15, 0.2) is 5.78 Å². The third-order valence-corrected chi connectivity index (χ3v) is 5.28. The number of pyridine rings is 1. The highest BCUT2D eigenvalue weighted by molar-refractivity contribution is 9.12. The Balaban J connectivity index is 2.34. The zero-order valence-corrected chi connectivity index (χ0v) is 15.3. The maximum atomic E-state index is 12.2. The largest absolute Gasteiger partial charge is 0.306 e. The first-order valence-electron chi connectivity index (χ1n) is 5.23. The second kappa shape index (κ2) is 6.03. The van der Waals surface area contributed by atoms with E-state index in [0.29, 0.717) is 11.1 Å². The summed E-state index contributed by atoms with van der Waals surface area (Å²) in [6, 6.07) is 3.49. The maximum Gasteiger partial charge on any atom is 0.253 e. The average molecular weight is 470 g/mol. The lowest BCUT2D eigenvalue weighted by Crippen LogP contribution is -2.25. The minimum absolute atomic E-state index is 0.0287. The van der Waals surface area contributed by atoms with Gasteiger partial charge in [-0.15, -0.1) is 11.3 Å². The molecule has 2 heterocycles. The van der Waals surface area contributed by atoms with Gasteiger partial charge in [0.2, 0.25) is 0 Å². The van der Waals surface area contributed by atoms with Gasteiger partial charge in [-0.2, -0.15) is 0 Å². The quantitative estimate of drug-likeness (QED) is 0.625. The third-order valence-electron chi connectivity index (χ3n) is 2.50. The minimum Gasteiger partial charge on any atom is -0.306 e. The average Bonchev–Trinajstić information content (AvgIpc) is 2.64. The molecule has 0 radical (unpaired) electrons. The topological polar surface area (TPSA) is 39.1 Å². The molecule has 0 unspecified atom stereocenters. The van der Waals surface area contributed by atoms with Crippen LogP contribution in [0, 0.1) is 6.92 Å². The van der Waals surface area contributed by atoms with Crippen LogP contribution in [0.4, 0.5) is 0 Å². The summed E-state index contributed by atoms with van der Waals surface area (Å²) in [5.74, 6) is -0.103. The molecule has 0 aliphatic carbocycles. The van der Waals surface area contributed by atoms with Gasteiger partial charge < -0.3 is 4.57 Å². The summed E-state index contributed by atoms with van der Waals surface area (Å²) in [5, 5.41) is 0. The Bertz CT molecular complexity index is 705. The summed E-state index contributed by atoms with van der Waals surface area (Å²) in [6.45, 7) is 1.76. The number of hydrogen-bond donors (Lipinski definition) is 0. The number of hydrogen-bond acceptors (Lipinski definition) is 3. The van der Waals surface area contributed by atoms with E-state index in [0.717, 1.165) is 12.0 Å². The van der Waals surface area contributed by atoms with E-state index >= 15 is 0 Å². The summed E-state index contributed by atoms with van der Waals surface area (Å²) in [4.78, 5) is 24.2. The van der Waals surface area contributed by atoms with E-state index in [1.54, 1.807) is 25.3 Å². The minimum atomic E-state index is -0.151. The van der Waals surface area contributed by atoms with Crippen molar-refractivity contribution < 1.29 is 4.79 Å². The van der Waals surface area contributed by atoms with Crippen LogP contribution in [0.15, 0.2) is 35.2 Å². The first-order chi connectivity index (χ1) is 8.88. The van der Waals surface area contributed by atoms with E-state index in [4.69, 9.17) is 0 Å². The number of ketones is 1. The van der Waals surface area contributed by atoms with Crippen LogP contribution in [0.2, 0.25) is 0 Å². The van der Waals surface area contributed by atoms with E-state index in [9.17, 15) is 9.59 Å². The van der Waals surface area contributed by atoms with Crippen LogP contribution in [0.1, 0.15) is 15.9 Å². The zero-order valence-electron chi connectivity index (χ0n) is 9.75. The van der Waals surface area contributed by atoms with Crippen LogP contribution in [0.3, 0.4) is 0 Å². The normalized spacial score (nSPS) is 10.7. The van der Waals surface area contributed by atoms with Gasteiger partial charge in [0.05, 0.1) is 14.1 Å². The fourth-order valence-electron chi connectivity index (χ4n) is 1.63. The molecule has 0 aliphatic heterocycles. The lowest BCUT2D eigenvalue weighted by Gasteiger charge is -2.06. The van der Waals surface area contributed by atoms with Crippen molar-refractivity contribution in [2.45, 2.75) is 13.5 Å². The highest BCUT2D eigenvalue weighted by Crippen LogP contribution is 2.32. The molecule has 0 atom stereocenters. The molecule has 0 aromatic carbocycles. The lowest BCUT2D eigenvalue weighted by atomic mass is 10.2. The van der Waals surface area contributed by atoms with Gasteiger partial charge in [0.1, 0.15) is 0 Å². The SMILES string of the molecule is Cc1cc(Br)cn(CC(=O)c2cc(Br)sc2Br)c1=O. The van der Waals surface area contributed by atoms with Crippen molar-refractivity contribution in [3.05, 3.63) is 51.9 Å². The van der Waals surface area contributed by atoms with Gasteiger partial charge in [-0.05, 0) is 66.8 Å². The highest BCUT2D eigenvalue weighted by atomic mass is 79.9. The van der Waals surface area contributed by atoms with Crippen molar-refractivity contribution in [2.75, 3.05) is 0 Å². The number of halogens is 3. The lowest BCUT2D eigenvalue weighted by molar-refractivity contribution is 0.0970. The summed E-state index contributed by atoms with van der Waals surface area (Å²) in [6.07, 6.45) is 1.63. The van der Waals surface area contributed by atoms with Gasteiger partial charge in [0, 0.05) is 21.8 Å². The summed E-state index contributed by atoms with van der Waals surface area (Å²) < 4.78 is 3.84. The van der Waals surface area contributed by atoms with Gasteiger partial charge in [-0.1, -0.05) is 0 Å². The van der Waals surface area contributed by atoms with Gasteiger partial charge >= 0.3 is 0 Å². The monoisotopic (exact) mass is 467 g/mol. The first kappa shape index (κ1) is 15.2. The fraction of sp³-hybridized carbons (Fsp3) is 0.167. The molecule has 0 amide bonds. The molecule has 0 N–H and O–H groups in total. The molecule has 0 aliphatic rings. The van der Waals surface area contributed by atoms with Gasteiger partial charge in [0.25, 0.3) is 5.56 Å². The molecule has 7 heteroatoms. The molecule has 100 valence electrons. The van der Waals surface area contributed by atoms with E-state index in [2.05, 4.69) is 47.8 Å². The van der Waals surface area contributed by atoms with Crippen molar-refractivity contribution in [2.24, 2.45) is 0 Å². The van der Waals surface area contributed by atoms with Crippen LogP contribution >= 0.6 is 59.1 Å². The Kier molecular flexibility index (Phi) is 4.81. The molecule has 0 bridgehead atoms.